The third kappa shape index (κ3) is 4.93. The number of hydrogen-bond acceptors (Lipinski definition) is 5. The molecule has 170 valence electrons. The number of aromatic nitrogens is 3. The Morgan fingerprint density at radius 3 is 2.75 bits per heavy atom. The summed E-state index contributed by atoms with van der Waals surface area (Å²) in [5.74, 6) is 0.238. The minimum atomic E-state index is -0.200. The molecule has 1 saturated carbocycles. The number of aryl methyl sites for hydroxylation is 3. The van der Waals surface area contributed by atoms with Crippen molar-refractivity contribution in [3.8, 4) is 5.88 Å². The normalized spacial score (nSPS) is 14.8. The van der Waals surface area contributed by atoms with Crippen LogP contribution in [0.3, 0.4) is 0 Å². The van der Waals surface area contributed by atoms with E-state index in [4.69, 9.17) is 4.74 Å². The van der Waals surface area contributed by atoms with Gasteiger partial charge in [-0.1, -0.05) is 37.5 Å². The second-order valence-corrected chi connectivity index (χ2v) is 8.91. The fourth-order valence-electron chi connectivity index (χ4n) is 4.67. The van der Waals surface area contributed by atoms with E-state index in [-0.39, 0.29) is 12.5 Å². The van der Waals surface area contributed by atoms with Crippen LogP contribution in [0.5, 0.6) is 5.88 Å². The molecule has 7 heteroatoms. The molecule has 0 bridgehead atoms. The Morgan fingerprint density at radius 1 is 1.22 bits per heavy atom. The van der Waals surface area contributed by atoms with Gasteiger partial charge in [-0.2, -0.15) is 0 Å². The van der Waals surface area contributed by atoms with Gasteiger partial charge in [-0.25, -0.2) is 9.67 Å². The van der Waals surface area contributed by atoms with Crippen molar-refractivity contribution in [3.63, 3.8) is 0 Å². The first kappa shape index (κ1) is 22.3. The molecule has 0 spiro atoms. The Morgan fingerprint density at radius 2 is 1.97 bits per heavy atom. The smallest absolute Gasteiger partial charge is 0.262 e. The molecule has 1 aromatic carbocycles. The summed E-state index contributed by atoms with van der Waals surface area (Å²) in [6, 6.07) is 10.6. The molecule has 0 radical (unpaired) electrons. The monoisotopic (exact) mass is 435 g/mol. The number of carbonyl (C=O) groups is 1. The number of para-hydroxylation sites is 1. The lowest BCUT2D eigenvalue weighted by atomic mass is 9.94. The lowest BCUT2D eigenvalue weighted by Crippen LogP contribution is -2.33. The maximum Gasteiger partial charge on any atom is 0.262 e. The summed E-state index contributed by atoms with van der Waals surface area (Å²) in [5, 5.41) is 8.30. The number of fused-ring (bicyclic) bond motifs is 1. The summed E-state index contributed by atoms with van der Waals surface area (Å²) in [6.07, 6.45) is 6.47. The summed E-state index contributed by atoms with van der Waals surface area (Å²) in [7, 11) is 4.02. The van der Waals surface area contributed by atoms with Crippen LogP contribution in [0.25, 0.3) is 11.0 Å². The number of carbonyl (C=O) groups excluding carboxylic acids is 1. The van der Waals surface area contributed by atoms with Crippen LogP contribution in [0, 0.1) is 13.8 Å². The van der Waals surface area contributed by atoms with Crippen molar-refractivity contribution < 1.29 is 9.53 Å². The minimum Gasteiger partial charge on any atom is -0.466 e. The fourth-order valence-corrected chi connectivity index (χ4v) is 4.67. The SMILES string of the molecule is Cc1cc(C)c2c(OCC(=O)Nc3ccccc3CN(C)C3CCCCC3)nn(C)c2n1. The molecule has 1 fully saturated rings. The van der Waals surface area contributed by atoms with Crippen molar-refractivity contribution in [2.45, 2.75) is 58.5 Å². The molecule has 1 N–H and O–H groups in total. The number of rotatable bonds is 7. The average molecular weight is 436 g/mol. The first-order valence-corrected chi connectivity index (χ1v) is 11.4. The van der Waals surface area contributed by atoms with E-state index in [2.05, 4.69) is 33.4 Å². The summed E-state index contributed by atoms with van der Waals surface area (Å²) in [6.45, 7) is 4.67. The third-order valence-electron chi connectivity index (χ3n) is 6.34. The summed E-state index contributed by atoms with van der Waals surface area (Å²) in [4.78, 5) is 19.7. The van der Waals surface area contributed by atoms with Crippen LogP contribution in [-0.2, 0) is 18.4 Å². The van der Waals surface area contributed by atoms with Crippen molar-refractivity contribution in [1.29, 1.82) is 0 Å². The number of amides is 1. The number of hydrogen-bond donors (Lipinski definition) is 1. The summed E-state index contributed by atoms with van der Waals surface area (Å²) >= 11 is 0. The third-order valence-corrected chi connectivity index (χ3v) is 6.34. The van der Waals surface area contributed by atoms with Gasteiger partial charge in [0.1, 0.15) is 0 Å². The average Bonchev–Trinajstić information content (AvgIpc) is 3.10. The molecule has 7 nitrogen and oxygen atoms in total. The molecular formula is C25H33N5O2. The van der Waals surface area contributed by atoms with Gasteiger partial charge in [-0.15, -0.1) is 5.10 Å². The predicted octanol–water partition coefficient (Wildman–Crippen LogP) is 4.37. The highest BCUT2D eigenvalue weighted by Crippen LogP contribution is 2.27. The molecule has 0 atom stereocenters. The molecule has 3 aromatic rings. The van der Waals surface area contributed by atoms with Gasteiger partial charge in [0.25, 0.3) is 5.91 Å². The highest BCUT2D eigenvalue weighted by atomic mass is 16.5. The van der Waals surface area contributed by atoms with Crippen LogP contribution in [0.4, 0.5) is 5.69 Å². The van der Waals surface area contributed by atoms with Crippen LogP contribution >= 0.6 is 0 Å². The van der Waals surface area contributed by atoms with Crippen LogP contribution in [0.1, 0.15) is 48.9 Å². The lowest BCUT2D eigenvalue weighted by Gasteiger charge is -2.31. The molecule has 32 heavy (non-hydrogen) atoms. The number of benzene rings is 1. The van der Waals surface area contributed by atoms with E-state index in [9.17, 15) is 4.79 Å². The van der Waals surface area contributed by atoms with Gasteiger partial charge in [0.15, 0.2) is 12.3 Å². The summed E-state index contributed by atoms with van der Waals surface area (Å²) < 4.78 is 7.51. The topological polar surface area (TPSA) is 72.3 Å². The molecule has 1 amide bonds. The van der Waals surface area contributed by atoms with Crippen molar-refractivity contribution in [1.82, 2.24) is 19.7 Å². The molecule has 2 heterocycles. The first-order chi connectivity index (χ1) is 15.4. The molecular weight excluding hydrogens is 402 g/mol. The van der Waals surface area contributed by atoms with Crippen LogP contribution in [0.15, 0.2) is 30.3 Å². The Labute approximate surface area is 189 Å². The van der Waals surface area contributed by atoms with Gasteiger partial charge in [-0.3, -0.25) is 9.69 Å². The molecule has 1 aliphatic rings. The van der Waals surface area contributed by atoms with Crippen molar-refractivity contribution >= 4 is 22.6 Å². The fraction of sp³-hybridized carbons (Fsp3) is 0.480. The highest BCUT2D eigenvalue weighted by Gasteiger charge is 2.20. The van der Waals surface area contributed by atoms with Gasteiger partial charge in [0, 0.05) is 31.0 Å². The zero-order chi connectivity index (χ0) is 22.7. The number of nitrogens with one attached hydrogen (secondary N) is 1. The first-order valence-electron chi connectivity index (χ1n) is 11.4. The second kappa shape index (κ2) is 9.69. The largest absolute Gasteiger partial charge is 0.466 e. The van der Waals surface area contributed by atoms with E-state index < -0.39 is 0 Å². The molecule has 0 saturated heterocycles. The van der Waals surface area contributed by atoms with Gasteiger partial charge >= 0.3 is 0 Å². The van der Waals surface area contributed by atoms with E-state index in [1.54, 1.807) is 4.68 Å². The van der Waals surface area contributed by atoms with Gasteiger partial charge in [0.2, 0.25) is 5.88 Å². The van der Waals surface area contributed by atoms with Crippen LogP contribution in [0.2, 0.25) is 0 Å². The molecule has 0 unspecified atom stereocenters. The quantitative estimate of drug-likeness (QED) is 0.597. The zero-order valence-corrected chi connectivity index (χ0v) is 19.5. The van der Waals surface area contributed by atoms with Crippen molar-refractivity contribution in [3.05, 3.63) is 47.2 Å². The maximum absolute atomic E-state index is 12.7. The minimum absolute atomic E-state index is 0.105. The van der Waals surface area contributed by atoms with Crippen molar-refractivity contribution in [2.75, 3.05) is 19.0 Å². The van der Waals surface area contributed by atoms with E-state index in [1.165, 1.54) is 32.1 Å². The Hall–Kier alpha value is -2.93. The Bertz CT molecular complexity index is 1100. The highest BCUT2D eigenvalue weighted by molar-refractivity contribution is 5.93. The van der Waals surface area contributed by atoms with Gasteiger partial charge in [0.05, 0.1) is 5.39 Å². The van der Waals surface area contributed by atoms with E-state index in [0.717, 1.165) is 40.1 Å². The summed E-state index contributed by atoms with van der Waals surface area (Å²) in [5.41, 5.74) is 4.68. The second-order valence-electron chi connectivity index (χ2n) is 8.91. The molecule has 2 aromatic heterocycles. The van der Waals surface area contributed by atoms with Crippen LogP contribution < -0.4 is 10.1 Å². The number of pyridine rings is 1. The Kier molecular flexibility index (Phi) is 6.74. The maximum atomic E-state index is 12.7. The van der Waals surface area contributed by atoms with Gasteiger partial charge < -0.3 is 10.1 Å². The number of nitrogens with zero attached hydrogens (tertiary/aromatic N) is 4. The van der Waals surface area contributed by atoms with E-state index >= 15 is 0 Å². The molecule has 0 aliphatic heterocycles. The van der Waals surface area contributed by atoms with Crippen molar-refractivity contribution in [2.24, 2.45) is 7.05 Å². The van der Waals surface area contributed by atoms with E-state index in [1.807, 2.05) is 45.2 Å². The van der Waals surface area contributed by atoms with Crippen LogP contribution in [-0.4, -0.2) is 45.3 Å². The standard InChI is InChI=1S/C25H33N5O2/c1-17-14-18(2)26-24-23(17)25(28-30(24)4)32-16-22(31)27-21-13-9-8-10-19(21)15-29(3)20-11-6-5-7-12-20/h8-10,13-14,20H,5-7,11-12,15-16H2,1-4H3,(H,27,31). The lowest BCUT2D eigenvalue weighted by molar-refractivity contribution is -0.118. The van der Waals surface area contributed by atoms with E-state index in [0.29, 0.717) is 11.9 Å². The molecule has 1 aliphatic carbocycles. The number of ether oxygens (including phenoxy) is 1. The number of anilines is 1. The predicted molar refractivity (Wildman–Crippen MR) is 127 cm³/mol. The Balaban J connectivity index is 1.41. The zero-order valence-electron chi connectivity index (χ0n) is 19.5. The molecule has 4 rings (SSSR count). The van der Waals surface area contributed by atoms with Gasteiger partial charge in [-0.05, 0) is 57.0 Å².